The van der Waals surface area contributed by atoms with Crippen molar-refractivity contribution in [2.75, 3.05) is 6.26 Å². The molecule has 1 unspecified atom stereocenters. The summed E-state index contributed by atoms with van der Waals surface area (Å²) in [6.45, 7) is 6.21. The summed E-state index contributed by atoms with van der Waals surface area (Å²) in [6, 6.07) is 1.38. The third-order valence-corrected chi connectivity index (χ3v) is 5.44. The smallest absolute Gasteiger partial charge is 0.341 e. The molecule has 6 nitrogen and oxygen atoms in total. The first-order valence-corrected chi connectivity index (χ1v) is 8.76. The van der Waals surface area contributed by atoms with Crippen LogP contribution in [0.4, 0.5) is 0 Å². The van der Waals surface area contributed by atoms with Crippen LogP contribution >= 0.6 is 11.8 Å². The van der Waals surface area contributed by atoms with E-state index in [-0.39, 0.29) is 17.0 Å². The third kappa shape index (κ3) is 2.25. The lowest BCUT2D eigenvalue weighted by atomic mass is 9.98. The summed E-state index contributed by atoms with van der Waals surface area (Å²) in [5.74, 6) is -0.706. The Morgan fingerprint density at radius 3 is 2.65 bits per heavy atom. The normalized spacial score (nSPS) is 23.4. The number of fused-ring (bicyclic) bond motifs is 1. The fraction of sp³-hybridized carbons (Fsp3) is 0.500. The fourth-order valence-corrected chi connectivity index (χ4v) is 3.86. The Balaban J connectivity index is 2.44. The molecule has 2 aromatic heterocycles. The number of carboxylic acid groups (broad SMARTS) is 1. The molecule has 0 bridgehead atoms. The van der Waals surface area contributed by atoms with Crippen molar-refractivity contribution in [3.8, 4) is 0 Å². The molecule has 2 aromatic rings. The average molecular weight is 333 g/mol. The topological polar surface area (TPSA) is 85.1 Å². The number of aromatic nitrogens is 3. The van der Waals surface area contributed by atoms with Crippen LogP contribution in [-0.4, -0.2) is 31.9 Å². The zero-order valence-corrected chi connectivity index (χ0v) is 14.3. The molecule has 1 aliphatic rings. The Morgan fingerprint density at radius 2 is 2.17 bits per heavy atom. The van der Waals surface area contributed by atoms with Gasteiger partial charge in [-0.1, -0.05) is 32.5 Å². The summed E-state index contributed by atoms with van der Waals surface area (Å²) >= 11 is 1.40. The van der Waals surface area contributed by atoms with Gasteiger partial charge in [0.1, 0.15) is 11.2 Å². The summed E-state index contributed by atoms with van der Waals surface area (Å²) < 4.78 is 1.61. The molecule has 1 fully saturated rings. The van der Waals surface area contributed by atoms with E-state index in [9.17, 15) is 14.7 Å². The molecular weight excluding hydrogens is 314 g/mol. The fourth-order valence-electron chi connectivity index (χ4n) is 3.53. The van der Waals surface area contributed by atoms with Gasteiger partial charge in [-0.3, -0.25) is 9.36 Å². The van der Waals surface area contributed by atoms with E-state index in [0.717, 1.165) is 6.42 Å². The van der Waals surface area contributed by atoms with E-state index >= 15 is 0 Å². The molecule has 1 N–H and O–H groups in total. The zero-order chi connectivity index (χ0) is 16.9. The van der Waals surface area contributed by atoms with Crippen molar-refractivity contribution in [3.63, 3.8) is 0 Å². The maximum absolute atomic E-state index is 12.9. The van der Waals surface area contributed by atoms with Crippen molar-refractivity contribution in [3.05, 3.63) is 28.2 Å². The number of thioether (sulfide) groups is 1. The number of pyridine rings is 1. The first-order chi connectivity index (χ1) is 10.8. The van der Waals surface area contributed by atoms with Crippen molar-refractivity contribution >= 4 is 28.8 Å². The number of hydrogen-bond donors (Lipinski definition) is 1. The molecule has 1 aliphatic carbocycles. The minimum Gasteiger partial charge on any atom is -0.477 e. The summed E-state index contributed by atoms with van der Waals surface area (Å²) in [7, 11) is 0. The van der Waals surface area contributed by atoms with Crippen LogP contribution in [0.3, 0.4) is 0 Å². The van der Waals surface area contributed by atoms with E-state index in [1.54, 1.807) is 10.8 Å². The molecule has 0 aliphatic heterocycles. The second kappa shape index (κ2) is 5.33. The molecule has 0 amide bonds. The average Bonchev–Trinajstić information content (AvgIpc) is 3.18. The summed E-state index contributed by atoms with van der Waals surface area (Å²) in [6.07, 6.45) is 4.31. The Morgan fingerprint density at radius 1 is 1.52 bits per heavy atom. The van der Waals surface area contributed by atoms with Gasteiger partial charge < -0.3 is 5.11 Å². The molecule has 0 radical (unpaired) electrons. The van der Waals surface area contributed by atoms with E-state index in [1.165, 1.54) is 17.8 Å². The van der Waals surface area contributed by atoms with Crippen LogP contribution in [0.25, 0.3) is 11.0 Å². The van der Waals surface area contributed by atoms with Crippen molar-refractivity contribution in [2.24, 2.45) is 11.8 Å². The molecule has 23 heavy (non-hydrogen) atoms. The lowest BCUT2D eigenvalue weighted by molar-refractivity contribution is 0.0694. The number of hydrogen-bond acceptors (Lipinski definition) is 5. The van der Waals surface area contributed by atoms with Gasteiger partial charge in [-0.05, 0) is 30.6 Å². The van der Waals surface area contributed by atoms with Crippen LogP contribution in [0.2, 0.25) is 0 Å². The first kappa shape index (κ1) is 16.0. The number of aromatic carboxylic acids is 1. The van der Waals surface area contributed by atoms with Crippen LogP contribution in [-0.2, 0) is 5.54 Å². The number of rotatable bonds is 4. The minimum absolute atomic E-state index is 0.204. The lowest BCUT2D eigenvalue weighted by Crippen LogP contribution is -2.38. The molecule has 122 valence electrons. The highest BCUT2D eigenvalue weighted by molar-refractivity contribution is 7.98. The van der Waals surface area contributed by atoms with E-state index in [4.69, 9.17) is 0 Å². The molecule has 7 heteroatoms. The maximum Gasteiger partial charge on any atom is 0.341 e. The largest absolute Gasteiger partial charge is 0.477 e. The molecule has 1 saturated carbocycles. The van der Waals surface area contributed by atoms with Gasteiger partial charge in [0.05, 0.1) is 5.54 Å². The Labute approximate surface area is 138 Å². The van der Waals surface area contributed by atoms with Crippen LogP contribution in [0, 0.1) is 11.8 Å². The molecule has 0 saturated heterocycles. The maximum atomic E-state index is 12.9. The van der Waals surface area contributed by atoms with Gasteiger partial charge in [-0.15, -0.1) is 0 Å². The number of carboxylic acids is 1. The van der Waals surface area contributed by atoms with Gasteiger partial charge in [-0.25, -0.2) is 14.8 Å². The van der Waals surface area contributed by atoms with Gasteiger partial charge in [0.15, 0.2) is 5.16 Å². The predicted molar refractivity (Wildman–Crippen MR) is 89.1 cm³/mol. The number of carbonyl (C=O) groups is 1. The minimum atomic E-state index is -1.22. The standard InChI is InChI=1S/C16H19N3O3S/c1-8(2)16(6-9(16)3)19-12-10(7-17-15(18-12)23-4)5-11(13(19)20)14(21)22/h5,7-9H,6H2,1-4H3,(H,21,22)/t9-,16?/m0/s1. The highest BCUT2D eigenvalue weighted by Gasteiger charge is 2.56. The van der Waals surface area contributed by atoms with Gasteiger partial charge in [0.2, 0.25) is 0 Å². The SMILES string of the molecule is CSc1ncc2cc(C(=O)O)c(=O)n(C3(C(C)C)C[C@@H]3C)c2n1. The molecule has 2 atom stereocenters. The quantitative estimate of drug-likeness (QED) is 0.684. The number of nitrogens with zero attached hydrogens (tertiary/aromatic N) is 3. The molecule has 0 spiro atoms. The summed E-state index contributed by atoms with van der Waals surface area (Å²) in [5, 5.41) is 10.5. The van der Waals surface area contributed by atoms with Crippen LogP contribution in [0.5, 0.6) is 0 Å². The Bertz CT molecular complexity index is 862. The monoisotopic (exact) mass is 333 g/mol. The lowest BCUT2D eigenvalue weighted by Gasteiger charge is -2.26. The van der Waals surface area contributed by atoms with E-state index < -0.39 is 11.5 Å². The van der Waals surface area contributed by atoms with E-state index in [1.807, 2.05) is 6.26 Å². The molecule has 3 rings (SSSR count). The molecular formula is C16H19N3O3S. The highest BCUT2D eigenvalue weighted by Crippen LogP contribution is 2.55. The van der Waals surface area contributed by atoms with Gasteiger partial charge in [0, 0.05) is 11.6 Å². The van der Waals surface area contributed by atoms with Crippen LogP contribution in [0.1, 0.15) is 37.6 Å². The van der Waals surface area contributed by atoms with Gasteiger partial charge in [-0.2, -0.15) is 0 Å². The second-order valence-electron chi connectivity index (χ2n) is 6.39. The van der Waals surface area contributed by atoms with Crippen LogP contribution in [0.15, 0.2) is 22.2 Å². The Hall–Kier alpha value is -1.89. The van der Waals surface area contributed by atoms with Gasteiger partial charge in [0.25, 0.3) is 5.56 Å². The van der Waals surface area contributed by atoms with E-state index in [0.29, 0.717) is 22.1 Å². The Kier molecular flexibility index (Phi) is 3.71. The molecule has 2 heterocycles. The zero-order valence-electron chi connectivity index (χ0n) is 13.5. The van der Waals surface area contributed by atoms with Crippen LogP contribution < -0.4 is 5.56 Å². The molecule has 0 aromatic carbocycles. The highest BCUT2D eigenvalue weighted by atomic mass is 32.2. The van der Waals surface area contributed by atoms with Crippen molar-refractivity contribution < 1.29 is 9.90 Å². The second-order valence-corrected chi connectivity index (χ2v) is 7.16. The van der Waals surface area contributed by atoms with Crippen molar-refractivity contribution in [1.29, 1.82) is 0 Å². The van der Waals surface area contributed by atoms with Crippen molar-refractivity contribution in [2.45, 2.75) is 37.9 Å². The third-order valence-electron chi connectivity index (χ3n) is 4.87. The van der Waals surface area contributed by atoms with Crippen molar-refractivity contribution in [1.82, 2.24) is 14.5 Å². The van der Waals surface area contributed by atoms with Gasteiger partial charge >= 0.3 is 5.97 Å². The summed E-state index contributed by atoms with van der Waals surface area (Å²) in [4.78, 5) is 33.1. The first-order valence-electron chi connectivity index (χ1n) is 7.53. The predicted octanol–water partition coefficient (Wildman–Crippen LogP) is 2.60. The summed E-state index contributed by atoms with van der Waals surface area (Å²) in [5.41, 5.74) is -0.548. The van der Waals surface area contributed by atoms with E-state index in [2.05, 4.69) is 30.7 Å².